The molecule has 33 heavy (non-hydrogen) atoms. The first-order chi connectivity index (χ1) is 15.8. The van der Waals surface area contributed by atoms with Crippen LogP contribution in [0.4, 0.5) is 17.1 Å². The lowest BCUT2D eigenvalue weighted by Crippen LogP contribution is -2.32. The van der Waals surface area contributed by atoms with Crippen molar-refractivity contribution in [3.8, 4) is 5.75 Å². The van der Waals surface area contributed by atoms with Crippen LogP contribution in [0.3, 0.4) is 0 Å². The molecular formula is C27H27N3O3. The Hall–Kier alpha value is -4.06. The number of amides is 2. The third-order valence-electron chi connectivity index (χ3n) is 5.25. The Morgan fingerprint density at radius 3 is 2.18 bits per heavy atom. The maximum absolute atomic E-state index is 13.5. The van der Waals surface area contributed by atoms with Crippen molar-refractivity contribution in [2.75, 3.05) is 29.2 Å². The fourth-order valence-electron chi connectivity index (χ4n) is 3.70. The van der Waals surface area contributed by atoms with Crippen LogP contribution < -0.4 is 19.9 Å². The van der Waals surface area contributed by atoms with Crippen LogP contribution in [0.2, 0.25) is 0 Å². The summed E-state index contributed by atoms with van der Waals surface area (Å²) in [5.74, 6) is -0.00889. The first-order valence-electron chi connectivity index (χ1n) is 10.8. The largest absolute Gasteiger partial charge is 0.491 e. The van der Waals surface area contributed by atoms with Crippen LogP contribution in [0.5, 0.6) is 5.75 Å². The highest BCUT2D eigenvalue weighted by atomic mass is 16.5. The minimum absolute atomic E-state index is 0.0664. The summed E-state index contributed by atoms with van der Waals surface area (Å²) in [5, 5.41) is 3.19. The summed E-state index contributed by atoms with van der Waals surface area (Å²) in [6.07, 6.45) is 0.0664. The Bertz CT molecular complexity index is 1200. The van der Waals surface area contributed by atoms with E-state index >= 15 is 0 Å². The Balaban J connectivity index is 1.73. The summed E-state index contributed by atoms with van der Waals surface area (Å²) in [4.78, 5) is 30.3. The van der Waals surface area contributed by atoms with E-state index in [-0.39, 0.29) is 17.7 Å². The van der Waals surface area contributed by atoms with Gasteiger partial charge >= 0.3 is 0 Å². The SMILES string of the molecule is CC(C)Oc1ccc(NC2=C(c3ccccc3)C(=O)N(c3cccc(N(C)C)c3)C2=O)cc1. The van der Waals surface area contributed by atoms with E-state index in [0.29, 0.717) is 22.5 Å². The van der Waals surface area contributed by atoms with Gasteiger partial charge in [-0.3, -0.25) is 9.59 Å². The summed E-state index contributed by atoms with van der Waals surface area (Å²) >= 11 is 0. The van der Waals surface area contributed by atoms with E-state index in [1.54, 1.807) is 6.07 Å². The zero-order valence-corrected chi connectivity index (χ0v) is 19.2. The Morgan fingerprint density at radius 1 is 0.848 bits per heavy atom. The van der Waals surface area contributed by atoms with E-state index < -0.39 is 5.91 Å². The number of anilines is 3. The van der Waals surface area contributed by atoms with Crippen molar-refractivity contribution < 1.29 is 14.3 Å². The lowest BCUT2D eigenvalue weighted by Gasteiger charge is -2.19. The summed E-state index contributed by atoms with van der Waals surface area (Å²) in [5.41, 5.74) is 3.40. The number of carbonyl (C=O) groups excluding carboxylic acids is 2. The van der Waals surface area contributed by atoms with E-state index in [0.717, 1.165) is 11.4 Å². The number of benzene rings is 3. The molecule has 1 aliphatic heterocycles. The van der Waals surface area contributed by atoms with Crippen LogP contribution in [0.15, 0.2) is 84.6 Å². The number of nitrogens with zero attached hydrogens (tertiary/aromatic N) is 2. The third-order valence-corrected chi connectivity index (χ3v) is 5.25. The van der Waals surface area contributed by atoms with Crippen molar-refractivity contribution in [2.45, 2.75) is 20.0 Å². The number of imide groups is 1. The van der Waals surface area contributed by atoms with Gasteiger partial charge in [0.1, 0.15) is 11.4 Å². The van der Waals surface area contributed by atoms with Gasteiger partial charge in [-0.25, -0.2) is 4.90 Å². The smallest absolute Gasteiger partial charge is 0.282 e. The number of rotatable bonds is 7. The summed E-state index contributed by atoms with van der Waals surface area (Å²) in [6.45, 7) is 3.93. The average Bonchev–Trinajstić information content (AvgIpc) is 3.04. The third kappa shape index (κ3) is 4.60. The fraction of sp³-hybridized carbons (Fsp3) is 0.185. The van der Waals surface area contributed by atoms with Gasteiger partial charge in [0.25, 0.3) is 11.8 Å². The van der Waals surface area contributed by atoms with Crippen molar-refractivity contribution >= 4 is 34.4 Å². The molecule has 0 atom stereocenters. The zero-order chi connectivity index (χ0) is 23.5. The Morgan fingerprint density at radius 2 is 1.55 bits per heavy atom. The standard InChI is InChI=1S/C27H27N3O3/c1-18(2)33-23-15-13-20(14-16-23)28-25-24(19-9-6-5-7-10-19)26(31)30(27(25)32)22-12-8-11-21(17-22)29(3)4/h5-18,28H,1-4H3. The van der Waals surface area contributed by atoms with Crippen molar-refractivity contribution in [1.82, 2.24) is 0 Å². The number of hydrogen-bond donors (Lipinski definition) is 1. The highest BCUT2D eigenvalue weighted by molar-refractivity contribution is 6.46. The van der Waals surface area contributed by atoms with Crippen molar-refractivity contribution in [3.63, 3.8) is 0 Å². The topological polar surface area (TPSA) is 61.9 Å². The molecule has 0 aromatic heterocycles. The molecule has 0 saturated heterocycles. The molecule has 3 aromatic rings. The second kappa shape index (κ2) is 9.20. The van der Waals surface area contributed by atoms with Crippen LogP contribution in [-0.4, -0.2) is 32.0 Å². The molecule has 4 rings (SSSR count). The highest BCUT2D eigenvalue weighted by Gasteiger charge is 2.40. The quantitative estimate of drug-likeness (QED) is 0.527. The van der Waals surface area contributed by atoms with Crippen LogP contribution in [-0.2, 0) is 9.59 Å². The second-order valence-corrected chi connectivity index (χ2v) is 8.29. The van der Waals surface area contributed by atoms with Crippen molar-refractivity contribution in [2.24, 2.45) is 0 Å². The number of carbonyl (C=O) groups is 2. The summed E-state index contributed by atoms with van der Waals surface area (Å²) in [6, 6.07) is 24.0. The van der Waals surface area contributed by atoms with E-state index in [4.69, 9.17) is 4.74 Å². The van der Waals surface area contributed by atoms with Gasteiger partial charge in [-0.1, -0.05) is 36.4 Å². The van der Waals surface area contributed by atoms with Crippen LogP contribution >= 0.6 is 0 Å². The van der Waals surface area contributed by atoms with Crippen molar-refractivity contribution in [1.29, 1.82) is 0 Å². The van der Waals surface area contributed by atoms with Crippen LogP contribution in [0.1, 0.15) is 19.4 Å². The van der Waals surface area contributed by atoms with E-state index in [2.05, 4.69) is 5.32 Å². The normalized spacial score (nSPS) is 13.7. The van der Waals surface area contributed by atoms with Crippen LogP contribution in [0, 0.1) is 0 Å². The van der Waals surface area contributed by atoms with E-state index in [1.165, 1.54) is 4.90 Å². The zero-order valence-electron chi connectivity index (χ0n) is 19.2. The minimum Gasteiger partial charge on any atom is -0.491 e. The predicted octanol–water partition coefficient (Wildman–Crippen LogP) is 4.94. The molecule has 0 aliphatic carbocycles. The predicted molar refractivity (Wildman–Crippen MR) is 132 cm³/mol. The molecule has 2 amide bonds. The Labute approximate surface area is 194 Å². The molecule has 0 bridgehead atoms. The lowest BCUT2D eigenvalue weighted by atomic mass is 10.0. The molecule has 0 fully saturated rings. The fourth-order valence-corrected chi connectivity index (χ4v) is 3.70. The van der Waals surface area contributed by atoms with Gasteiger partial charge in [0.05, 0.1) is 17.4 Å². The highest BCUT2D eigenvalue weighted by Crippen LogP contribution is 2.35. The van der Waals surface area contributed by atoms with E-state index in [1.807, 2.05) is 106 Å². The van der Waals surface area contributed by atoms with Gasteiger partial charge in [0.2, 0.25) is 0 Å². The number of ether oxygens (including phenoxy) is 1. The second-order valence-electron chi connectivity index (χ2n) is 8.29. The number of hydrogen-bond acceptors (Lipinski definition) is 5. The molecule has 1 N–H and O–H groups in total. The summed E-state index contributed by atoms with van der Waals surface area (Å²) < 4.78 is 5.70. The monoisotopic (exact) mass is 441 g/mol. The molecule has 6 heteroatoms. The first-order valence-corrected chi connectivity index (χ1v) is 10.8. The van der Waals surface area contributed by atoms with Gasteiger partial charge in [0.15, 0.2) is 0 Å². The molecule has 168 valence electrons. The maximum Gasteiger partial charge on any atom is 0.282 e. The molecule has 3 aromatic carbocycles. The van der Waals surface area contributed by atoms with Gasteiger partial charge in [-0.15, -0.1) is 0 Å². The molecule has 1 heterocycles. The molecule has 0 unspecified atom stereocenters. The van der Waals surface area contributed by atoms with Gasteiger partial charge in [-0.05, 0) is 61.9 Å². The van der Waals surface area contributed by atoms with Gasteiger partial charge < -0.3 is 15.0 Å². The summed E-state index contributed by atoms with van der Waals surface area (Å²) in [7, 11) is 3.83. The van der Waals surface area contributed by atoms with E-state index in [9.17, 15) is 9.59 Å². The maximum atomic E-state index is 13.5. The van der Waals surface area contributed by atoms with Gasteiger partial charge in [0, 0.05) is 25.5 Å². The van der Waals surface area contributed by atoms with Crippen molar-refractivity contribution in [3.05, 3.63) is 90.1 Å². The average molecular weight is 442 g/mol. The first kappa shape index (κ1) is 22.1. The van der Waals surface area contributed by atoms with Gasteiger partial charge in [-0.2, -0.15) is 0 Å². The molecule has 0 radical (unpaired) electrons. The molecule has 0 spiro atoms. The molecular weight excluding hydrogens is 414 g/mol. The number of nitrogens with one attached hydrogen (secondary N) is 1. The molecule has 6 nitrogen and oxygen atoms in total. The molecule has 1 aliphatic rings. The minimum atomic E-state index is -0.391. The Kier molecular flexibility index (Phi) is 6.18. The lowest BCUT2D eigenvalue weighted by molar-refractivity contribution is -0.120. The molecule has 0 saturated carbocycles. The van der Waals surface area contributed by atoms with Crippen LogP contribution in [0.25, 0.3) is 5.57 Å².